The summed E-state index contributed by atoms with van der Waals surface area (Å²) < 4.78 is 1.87. The van der Waals surface area contributed by atoms with Crippen LogP contribution in [0.3, 0.4) is 0 Å². The van der Waals surface area contributed by atoms with E-state index >= 15 is 0 Å². The number of benzene rings is 1. The number of nitrogens with zero attached hydrogens (tertiary/aromatic N) is 2. The molecule has 1 aliphatic heterocycles. The quantitative estimate of drug-likeness (QED) is 0.853. The van der Waals surface area contributed by atoms with Crippen LogP contribution in [0.15, 0.2) is 24.3 Å². The Morgan fingerprint density at radius 2 is 2.21 bits per heavy atom. The number of hydrogen-bond acceptors (Lipinski definition) is 4. The van der Waals surface area contributed by atoms with Gasteiger partial charge in [0.25, 0.3) is 5.91 Å². The molecule has 2 aromatic rings. The summed E-state index contributed by atoms with van der Waals surface area (Å²) in [6.07, 6.45) is 0.941. The van der Waals surface area contributed by atoms with Crippen LogP contribution < -0.4 is 5.32 Å². The van der Waals surface area contributed by atoms with E-state index in [0.717, 1.165) is 23.1 Å². The van der Waals surface area contributed by atoms with E-state index in [9.17, 15) is 4.79 Å². The van der Waals surface area contributed by atoms with Gasteiger partial charge in [-0.1, -0.05) is 32.4 Å². The molecule has 19 heavy (non-hydrogen) atoms. The van der Waals surface area contributed by atoms with Gasteiger partial charge in [0.15, 0.2) is 0 Å². The second-order valence-electron chi connectivity index (χ2n) is 4.94. The van der Waals surface area contributed by atoms with Crippen molar-refractivity contribution in [1.82, 2.24) is 9.55 Å². The summed E-state index contributed by atoms with van der Waals surface area (Å²) in [4.78, 5) is 16.8. The molecule has 5 heteroatoms. The van der Waals surface area contributed by atoms with Gasteiger partial charge in [-0.05, 0) is 30.3 Å². The van der Waals surface area contributed by atoms with Gasteiger partial charge in [-0.3, -0.25) is 4.79 Å². The first kappa shape index (κ1) is 12.3. The fraction of sp³-hybridized carbons (Fsp3) is 0.357. The minimum absolute atomic E-state index is 0.00704. The molecule has 0 spiro atoms. The number of aromatic nitrogens is 2. The van der Waals surface area contributed by atoms with Crippen molar-refractivity contribution in [1.29, 1.82) is 0 Å². The Labute approximate surface area is 116 Å². The van der Waals surface area contributed by atoms with Crippen molar-refractivity contribution in [2.24, 2.45) is 5.92 Å². The summed E-state index contributed by atoms with van der Waals surface area (Å²) in [5.74, 6) is 1.05. The van der Waals surface area contributed by atoms with E-state index in [-0.39, 0.29) is 17.9 Å². The molecule has 0 saturated carbocycles. The molecule has 0 radical (unpaired) electrons. The number of rotatable bonds is 2. The maximum absolute atomic E-state index is 12.5. The van der Waals surface area contributed by atoms with Crippen LogP contribution in [0.2, 0.25) is 0 Å². The first-order valence-corrected chi connectivity index (χ1v) is 6.87. The van der Waals surface area contributed by atoms with Crippen LogP contribution in [0.25, 0.3) is 10.9 Å². The summed E-state index contributed by atoms with van der Waals surface area (Å²) >= 11 is 5.25. The molecule has 98 valence electrons. The molecule has 0 amide bonds. The Morgan fingerprint density at radius 3 is 2.95 bits per heavy atom. The molecule has 1 aliphatic rings. The number of fused-ring (bicyclic) bond motifs is 3. The van der Waals surface area contributed by atoms with Crippen molar-refractivity contribution in [3.63, 3.8) is 0 Å². The minimum atomic E-state index is -0.209. The third-order valence-corrected chi connectivity index (χ3v) is 4.06. The lowest BCUT2D eigenvalue weighted by Crippen LogP contribution is -2.31. The van der Waals surface area contributed by atoms with Crippen molar-refractivity contribution in [3.05, 3.63) is 29.0 Å². The maximum Gasteiger partial charge on any atom is 0.257 e. The van der Waals surface area contributed by atoms with Crippen molar-refractivity contribution < 1.29 is 4.79 Å². The van der Waals surface area contributed by atoms with E-state index in [1.54, 1.807) is 0 Å². The topological polar surface area (TPSA) is 46.9 Å². The Balaban J connectivity index is 2.24. The Morgan fingerprint density at radius 1 is 1.47 bits per heavy atom. The summed E-state index contributed by atoms with van der Waals surface area (Å²) in [7, 11) is 0. The molecular weight excluding hydrogens is 258 g/mol. The summed E-state index contributed by atoms with van der Waals surface area (Å²) in [5.41, 5.74) is 0.823. The summed E-state index contributed by atoms with van der Waals surface area (Å²) in [6, 6.07) is 7.52. The highest BCUT2D eigenvalue weighted by Gasteiger charge is 2.34. The molecule has 0 fully saturated rings. The fourth-order valence-corrected chi connectivity index (χ4v) is 2.74. The zero-order valence-corrected chi connectivity index (χ0v) is 11.7. The van der Waals surface area contributed by atoms with Gasteiger partial charge in [0.05, 0.1) is 5.52 Å². The van der Waals surface area contributed by atoms with Crippen molar-refractivity contribution in [2.45, 2.75) is 26.3 Å². The number of carbonyl (C=O) groups is 1. The second-order valence-corrected chi connectivity index (χ2v) is 5.31. The van der Waals surface area contributed by atoms with E-state index in [0.29, 0.717) is 4.77 Å². The largest absolute Gasteiger partial charge is 0.359 e. The third kappa shape index (κ3) is 1.76. The lowest BCUT2D eigenvalue weighted by molar-refractivity contribution is 0.0882. The molecule has 1 aromatic carbocycles. The van der Waals surface area contributed by atoms with Crippen molar-refractivity contribution in [2.75, 3.05) is 5.32 Å². The van der Waals surface area contributed by atoms with Crippen LogP contribution >= 0.6 is 12.2 Å². The van der Waals surface area contributed by atoms with Crippen LogP contribution in [-0.2, 0) is 0 Å². The predicted molar refractivity (Wildman–Crippen MR) is 78.1 cm³/mol. The van der Waals surface area contributed by atoms with Gasteiger partial charge in [-0.2, -0.15) is 0 Å². The van der Waals surface area contributed by atoms with E-state index in [1.807, 2.05) is 24.3 Å². The Kier molecular flexibility index (Phi) is 2.86. The predicted octanol–water partition coefficient (Wildman–Crippen LogP) is 3.25. The highest BCUT2D eigenvalue weighted by molar-refractivity contribution is 7.71. The van der Waals surface area contributed by atoms with Crippen LogP contribution in [0.1, 0.15) is 25.1 Å². The zero-order valence-electron chi connectivity index (χ0n) is 10.9. The number of hydrogen-bond donors (Lipinski definition) is 1. The number of para-hydroxylation sites is 1. The highest BCUT2D eigenvalue weighted by Crippen LogP contribution is 2.30. The Hall–Kier alpha value is -1.75. The number of anilines is 1. The van der Waals surface area contributed by atoms with Gasteiger partial charge < -0.3 is 5.32 Å². The van der Waals surface area contributed by atoms with E-state index in [1.165, 1.54) is 4.57 Å². The normalized spacial score (nSPS) is 19.3. The van der Waals surface area contributed by atoms with Gasteiger partial charge in [0.1, 0.15) is 11.9 Å². The number of nitrogens with one attached hydrogen (secondary N) is 1. The van der Waals surface area contributed by atoms with Gasteiger partial charge in [0.2, 0.25) is 4.77 Å². The van der Waals surface area contributed by atoms with Crippen LogP contribution in [0.4, 0.5) is 5.82 Å². The standard InChI is InChI=1S/C14H15N3OS/c1-3-8(2)11-13(18)17-12(16-11)9-6-4-5-7-10(9)15-14(17)19/h4-8,11,16H,3H2,1-2H3. The molecule has 2 unspecified atom stereocenters. The molecule has 4 nitrogen and oxygen atoms in total. The van der Waals surface area contributed by atoms with Gasteiger partial charge in [-0.15, -0.1) is 0 Å². The fourth-order valence-electron chi connectivity index (χ4n) is 2.46. The molecule has 2 atom stereocenters. The molecule has 1 aromatic heterocycles. The smallest absolute Gasteiger partial charge is 0.257 e. The lowest BCUT2D eigenvalue weighted by atomic mass is 9.99. The average Bonchev–Trinajstić information content (AvgIpc) is 2.77. The first-order valence-electron chi connectivity index (χ1n) is 6.46. The van der Waals surface area contributed by atoms with Gasteiger partial charge in [-0.25, -0.2) is 9.55 Å². The van der Waals surface area contributed by atoms with E-state index in [2.05, 4.69) is 24.1 Å². The van der Waals surface area contributed by atoms with Crippen LogP contribution in [-0.4, -0.2) is 21.5 Å². The molecule has 1 N–H and O–H groups in total. The highest BCUT2D eigenvalue weighted by atomic mass is 32.1. The molecule has 3 rings (SSSR count). The van der Waals surface area contributed by atoms with Crippen LogP contribution in [0, 0.1) is 10.7 Å². The zero-order chi connectivity index (χ0) is 13.6. The van der Waals surface area contributed by atoms with Crippen LogP contribution in [0.5, 0.6) is 0 Å². The van der Waals surface area contributed by atoms with Gasteiger partial charge >= 0.3 is 0 Å². The van der Waals surface area contributed by atoms with Crippen molar-refractivity contribution in [3.8, 4) is 0 Å². The van der Waals surface area contributed by atoms with Gasteiger partial charge in [0, 0.05) is 5.39 Å². The third-order valence-electron chi connectivity index (χ3n) is 3.78. The molecule has 2 heterocycles. The maximum atomic E-state index is 12.5. The molecule has 0 aliphatic carbocycles. The SMILES string of the molecule is CCC(C)C1Nc2c3ccccc3nc(=S)n2C1=O. The Bertz CT molecular complexity index is 722. The van der Waals surface area contributed by atoms with E-state index < -0.39 is 0 Å². The number of carbonyl (C=O) groups excluding carboxylic acids is 1. The lowest BCUT2D eigenvalue weighted by Gasteiger charge is -2.15. The summed E-state index contributed by atoms with van der Waals surface area (Å²) in [6.45, 7) is 4.15. The van der Waals surface area contributed by atoms with E-state index in [4.69, 9.17) is 12.2 Å². The average molecular weight is 273 g/mol. The summed E-state index contributed by atoms with van der Waals surface area (Å²) in [5, 5.41) is 4.27. The molecular formula is C14H15N3OS. The monoisotopic (exact) mass is 273 g/mol. The first-order chi connectivity index (χ1) is 9.13. The van der Waals surface area contributed by atoms with Crippen molar-refractivity contribution >= 4 is 34.8 Å². The molecule has 0 bridgehead atoms. The minimum Gasteiger partial charge on any atom is -0.359 e. The molecule has 0 saturated heterocycles. The second kappa shape index (κ2) is 4.42.